The lowest BCUT2D eigenvalue weighted by molar-refractivity contribution is -0.0515. The molecule has 166 valence electrons. The van der Waals surface area contributed by atoms with Crippen LogP contribution in [0.5, 0.6) is 5.75 Å². The minimum absolute atomic E-state index is 0.0132. The predicted octanol–water partition coefficient (Wildman–Crippen LogP) is 5.31. The summed E-state index contributed by atoms with van der Waals surface area (Å²) in [5.74, 6) is 0.807. The number of nitrogens with one attached hydrogen (secondary N) is 1. The minimum atomic E-state index is -0.198. The Bertz CT molecular complexity index is 810. The number of carbonyl (C=O) groups excluding carboxylic acids is 1. The van der Waals surface area contributed by atoms with Crippen LogP contribution in [0.3, 0.4) is 0 Å². The Hall–Kier alpha value is -2.53. The van der Waals surface area contributed by atoms with Gasteiger partial charge in [0.1, 0.15) is 5.75 Å². The first-order chi connectivity index (χ1) is 15.2. The van der Waals surface area contributed by atoms with Crippen LogP contribution in [0.1, 0.15) is 62.1 Å². The third-order valence-electron chi connectivity index (χ3n) is 6.52. The third-order valence-corrected chi connectivity index (χ3v) is 6.52. The molecule has 0 spiro atoms. The first kappa shape index (κ1) is 21.7. The van der Waals surface area contributed by atoms with Crippen molar-refractivity contribution in [1.29, 1.82) is 0 Å². The van der Waals surface area contributed by atoms with Crippen molar-refractivity contribution >= 4 is 6.03 Å². The van der Waals surface area contributed by atoms with Gasteiger partial charge in [0.2, 0.25) is 0 Å². The van der Waals surface area contributed by atoms with Crippen molar-refractivity contribution in [3.63, 3.8) is 0 Å². The Balaban J connectivity index is 1.37. The van der Waals surface area contributed by atoms with E-state index in [9.17, 15) is 4.79 Å². The number of piperidine rings is 1. The van der Waals surface area contributed by atoms with E-state index in [2.05, 4.69) is 17.4 Å². The number of urea groups is 1. The highest BCUT2D eigenvalue weighted by Gasteiger charge is 2.27. The van der Waals surface area contributed by atoms with Gasteiger partial charge in [-0.3, -0.25) is 0 Å². The Morgan fingerprint density at radius 1 is 0.871 bits per heavy atom. The second-order valence-electron chi connectivity index (χ2n) is 8.65. The normalized spacial score (nSPS) is 19.1. The summed E-state index contributed by atoms with van der Waals surface area (Å²) in [6.45, 7) is 1.49. The third kappa shape index (κ3) is 5.79. The lowest BCUT2D eigenvalue weighted by Crippen LogP contribution is -2.47. The highest BCUT2D eigenvalue weighted by molar-refractivity contribution is 5.75. The number of rotatable bonds is 6. The molecule has 2 fully saturated rings. The van der Waals surface area contributed by atoms with Crippen LogP contribution in [0, 0.1) is 0 Å². The molecule has 0 aromatic heterocycles. The number of benzene rings is 2. The number of ether oxygens (including phenoxy) is 2. The van der Waals surface area contributed by atoms with Crippen LogP contribution in [0.15, 0.2) is 54.6 Å². The van der Waals surface area contributed by atoms with Crippen molar-refractivity contribution in [2.75, 3.05) is 20.2 Å². The van der Waals surface area contributed by atoms with Crippen LogP contribution < -0.4 is 10.1 Å². The number of methoxy groups -OCH3 is 1. The molecular formula is C26H34N2O3. The average Bonchev–Trinajstić information content (AvgIpc) is 2.84. The van der Waals surface area contributed by atoms with Gasteiger partial charge in [-0.2, -0.15) is 0 Å². The molecule has 0 radical (unpaired) electrons. The van der Waals surface area contributed by atoms with Crippen LogP contribution >= 0.6 is 0 Å². The highest BCUT2D eigenvalue weighted by Crippen LogP contribution is 2.27. The quantitative estimate of drug-likeness (QED) is 0.687. The maximum absolute atomic E-state index is 13.1. The second kappa shape index (κ2) is 10.7. The highest BCUT2D eigenvalue weighted by atomic mass is 16.5. The molecule has 1 heterocycles. The standard InChI is InChI=1S/C26H34N2O3/c1-30-22-14-12-21(13-15-22)25(20-8-4-2-5-9-20)27-26(29)28-18-16-24(17-19-28)31-23-10-6-3-7-11-23/h2,4-5,8-9,12-15,23-25H,3,6-7,10-11,16-19H2,1H3,(H,27,29). The number of amides is 2. The fourth-order valence-electron chi connectivity index (χ4n) is 4.68. The first-order valence-electron chi connectivity index (χ1n) is 11.6. The fraction of sp³-hybridized carbons (Fsp3) is 0.500. The van der Waals surface area contributed by atoms with Gasteiger partial charge in [0.15, 0.2) is 0 Å². The van der Waals surface area contributed by atoms with Gasteiger partial charge in [0.25, 0.3) is 0 Å². The lowest BCUT2D eigenvalue weighted by atomic mass is 9.97. The van der Waals surface area contributed by atoms with E-state index >= 15 is 0 Å². The van der Waals surface area contributed by atoms with Gasteiger partial charge in [-0.1, -0.05) is 61.7 Å². The van der Waals surface area contributed by atoms with Gasteiger partial charge < -0.3 is 19.7 Å². The SMILES string of the molecule is COc1ccc(C(NC(=O)N2CCC(OC3CCCCC3)CC2)c2ccccc2)cc1. The molecule has 1 N–H and O–H groups in total. The molecule has 1 aliphatic carbocycles. The molecule has 31 heavy (non-hydrogen) atoms. The average molecular weight is 423 g/mol. The molecule has 1 unspecified atom stereocenters. The van der Waals surface area contributed by atoms with Gasteiger partial charge in [-0.15, -0.1) is 0 Å². The van der Waals surface area contributed by atoms with Crippen LogP contribution in [0.25, 0.3) is 0 Å². The number of nitrogens with zero attached hydrogens (tertiary/aromatic N) is 1. The molecule has 5 heteroatoms. The van der Waals surface area contributed by atoms with Gasteiger partial charge >= 0.3 is 6.03 Å². The minimum Gasteiger partial charge on any atom is -0.497 e. The zero-order chi connectivity index (χ0) is 21.5. The predicted molar refractivity (Wildman–Crippen MR) is 122 cm³/mol. The van der Waals surface area contributed by atoms with E-state index < -0.39 is 0 Å². The van der Waals surface area contributed by atoms with Crippen molar-refractivity contribution in [1.82, 2.24) is 10.2 Å². The molecule has 2 aromatic carbocycles. The summed E-state index contributed by atoms with van der Waals surface area (Å²) in [6, 6.07) is 17.8. The first-order valence-corrected chi connectivity index (χ1v) is 11.6. The molecule has 1 saturated heterocycles. The van der Waals surface area contributed by atoms with E-state index in [-0.39, 0.29) is 12.1 Å². The van der Waals surface area contributed by atoms with E-state index in [1.807, 2.05) is 47.4 Å². The van der Waals surface area contributed by atoms with E-state index in [1.165, 1.54) is 32.1 Å². The summed E-state index contributed by atoms with van der Waals surface area (Å²) >= 11 is 0. The lowest BCUT2D eigenvalue weighted by Gasteiger charge is -2.35. The van der Waals surface area contributed by atoms with E-state index in [1.54, 1.807) is 7.11 Å². The van der Waals surface area contributed by atoms with Crippen molar-refractivity contribution in [3.05, 3.63) is 65.7 Å². The second-order valence-corrected chi connectivity index (χ2v) is 8.65. The molecule has 2 amide bonds. The van der Waals surface area contributed by atoms with E-state index in [4.69, 9.17) is 9.47 Å². The van der Waals surface area contributed by atoms with Crippen molar-refractivity contribution in [2.45, 2.75) is 63.2 Å². The maximum Gasteiger partial charge on any atom is 0.318 e. The molecule has 0 bridgehead atoms. The van der Waals surface area contributed by atoms with Crippen LogP contribution in [0.2, 0.25) is 0 Å². The van der Waals surface area contributed by atoms with Crippen LogP contribution in [-0.4, -0.2) is 43.3 Å². The molecule has 4 rings (SSSR count). The summed E-state index contributed by atoms with van der Waals surface area (Å²) < 4.78 is 11.6. The van der Waals surface area contributed by atoms with Crippen LogP contribution in [0.4, 0.5) is 4.79 Å². The smallest absolute Gasteiger partial charge is 0.318 e. The van der Waals surface area contributed by atoms with Gasteiger partial charge in [-0.05, 0) is 48.9 Å². The topological polar surface area (TPSA) is 50.8 Å². The molecule has 1 atom stereocenters. The zero-order valence-corrected chi connectivity index (χ0v) is 18.5. The molecular weight excluding hydrogens is 388 g/mol. The van der Waals surface area contributed by atoms with E-state index in [0.717, 1.165) is 42.8 Å². The molecule has 1 saturated carbocycles. The number of hydrogen-bond acceptors (Lipinski definition) is 3. The number of carbonyl (C=O) groups is 1. The van der Waals surface area contributed by atoms with Crippen molar-refractivity contribution in [3.8, 4) is 5.75 Å². The Morgan fingerprint density at radius 2 is 1.48 bits per heavy atom. The summed E-state index contributed by atoms with van der Waals surface area (Å²) in [6.07, 6.45) is 8.87. The Morgan fingerprint density at radius 3 is 2.13 bits per heavy atom. The van der Waals surface area contributed by atoms with Gasteiger partial charge in [0.05, 0.1) is 25.4 Å². The number of likely N-dealkylation sites (tertiary alicyclic amines) is 1. The molecule has 2 aliphatic rings. The van der Waals surface area contributed by atoms with Crippen molar-refractivity contribution in [2.24, 2.45) is 0 Å². The zero-order valence-electron chi connectivity index (χ0n) is 18.5. The monoisotopic (exact) mass is 422 g/mol. The molecule has 1 aliphatic heterocycles. The van der Waals surface area contributed by atoms with Crippen molar-refractivity contribution < 1.29 is 14.3 Å². The Labute approximate surface area is 185 Å². The summed E-state index contributed by atoms with van der Waals surface area (Å²) in [5.41, 5.74) is 2.10. The molecule has 2 aromatic rings. The molecule has 5 nitrogen and oxygen atoms in total. The van der Waals surface area contributed by atoms with Gasteiger partial charge in [-0.25, -0.2) is 4.79 Å². The summed E-state index contributed by atoms with van der Waals surface area (Å²) in [5, 5.41) is 3.26. The number of hydrogen-bond donors (Lipinski definition) is 1. The summed E-state index contributed by atoms with van der Waals surface area (Å²) in [7, 11) is 1.66. The fourth-order valence-corrected chi connectivity index (χ4v) is 4.68. The largest absolute Gasteiger partial charge is 0.497 e. The van der Waals surface area contributed by atoms with E-state index in [0.29, 0.717) is 12.2 Å². The summed E-state index contributed by atoms with van der Waals surface area (Å²) in [4.78, 5) is 15.1. The Kier molecular flexibility index (Phi) is 7.47. The van der Waals surface area contributed by atoms with Gasteiger partial charge in [0, 0.05) is 13.1 Å². The van der Waals surface area contributed by atoms with Crippen LogP contribution in [-0.2, 0) is 4.74 Å². The maximum atomic E-state index is 13.1.